The zero-order valence-corrected chi connectivity index (χ0v) is 16.7. The fraction of sp³-hybridized carbons (Fsp3) is 0.278. The average molecular weight is 428 g/mol. The predicted molar refractivity (Wildman–Crippen MR) is 109 cm³/mol. The molecule has 0 aliphatic heterocycles. The van der Waals surface area contributed by atoms with Crippen LogP contribution in [0.25, 0.3) is 0 Å². The highest BCUT2D eigenvalue weighted by molar-refractivity contribution is 7.16. The van der Waals surface area contributed by atoms with Crippen LogP contribution in [-0.2, 0) is 16.0 Å². The summed E-state index contributed by atoms with van der Waals surface area (Å²) in [7, 11) is 0. The van der Waals surface area contributed by atoms with Gasteiger partial charge in [0.1, 0.15) is 5.00 Å². The topological polar surface area (TPSA) is 101 Å². The Morgan fingerprint density at radius 2 is 1.85 bits per heavy atom. The lowest BCUT2D eigenvalue weighted by molar-refractivity contribution is -0.121. The highest BCUT2D eigenvalue weighted by atomic mass is 35.5. The van der Waals surface area contributed by atoms with Crippen molar-refractivity contribution >= 4 is 57.1 Å². The molecule has 9 heteroatoms. The first-order chi connectivity index (χ1) is 13.0. The second-order valence-electron chi connectivity index (χ2n) is 5.56. The Morgan fingerprint density at radius 3 is 2.52 bits per heavy atom. The molecule has 2 rings (SSSR count). The summed E-state index contributed by atoms with van der Waals surface area (Å²) < 4.78 is 0. The summed E-state index contributed by atoms with van der Waals surface area (Å²) >= 11 is 12.9. The molecule has 0 aliphatic carbocycles. The molecule has 0 spiro atoms. The maximum atomic E-state index is 12.9. The Balaban J connectivity index is 2.24. The Kier molecular flexibility index (Phi) is 8.24. The maximum absolute atomic E-state index is 12.9. The lowest BCUT2D eigenvalue weighted by Gasteiger charge is -2.05. The van der Waals surface area contributed by atoms with Gasteiger partial charge in [-0.1, -0.05) is 23.7 Å². The Labute approximate surface area is 171 Å². The van der Waals surface area contributed by atoms with Gasteiger partial charge >= 0.3 is 0 Å². The SMILES string of the molecule is NCC(=O)Nc1sc(CCC(=O)NCCCl)cc1C(=O)c1ccccc1Cl. The number of hydrogen-bond donors (Lipinski definition) is 3. The Hall–Kier alpha value is -1.93. The molecule has 2 aromatic rings. The number of amides is 2. The second kappa shape index (κ2) is 10.4. The molecule has 1 aromatic heterocycles. The number of rotatable bonds is 9. The summed E-state index contributed by atoms with van der Waals surface area (Å²) in [5, 5.41) is 6.05. The Morgan fingerprint density at radius 1 is 1.11 bits per heavy atom. The van der Waals surface area contributed by atoms with E-state index in [1.54, 1.807) is 30.3 Å². The van der Waals surface area contributed by atoms with E-state index in [1.807, 2.05) is 0 Å². The number of hydrogen-bond acceptors (Lipinski definition) is 5. The van der Waals surface area contributed by atoms with Crippen LogP contribution in [0.15, 0.2) is 30.3 Å². The lowest BCUT2D eigenvalue weighted by Crippen LogP contribution is -2.25. The molecule has 0 atom stereocenters. The number of carbonyl (C=O) groups is 3. The first-order valence-corrected chi connectivity index (χ1v) is 9.93. The zero-order valence-electron chi connectivity index (χ0n) is 14.4. The minimum atomic E-state index is -0.406. The van der Waals surface area contributed by atoms with Crippen molar-refractivity contribution in [3.8, 4) is 0 Å². The van der Waals surface area contributed by atoms with Gasteiger partial charge in [0.25, 0.3) is 0 Å². The van der Waals surface area contributed by atoms with Gasteiger partial charge in [0.2, 0.25) is 11.8 Å². The number of nitrogens with two attached hydrogens (primary N) is 1. The van der Waals surface area contributed by atoms with Crippen molar-refractivity contribution in [2.75, 3.05) is 24.3 Å². The highest BCUT2D eigenvalue weighted by Crippen LogP contribution is 2.32. The fourth-order valence-corrected chi connectivity index (χ4v) is 3.69. The largest absolute Gasteiger partial charge is 0.355 e. The number of alkyl halides is 1. The summed E-state index contributed by atoms with van der Waals surface area (Å²) in [6.07, 6.45) is 0.682. The molecule has 6 nitrogen and oxygen atoms in total. The molecule has 0 saturated carbocycles. The van der Waals surface area contributed by atoms with Gasteiger partial charge in [-0.15, -0.1) is 22.9 Å². The van der Waals surface area contributed by atoms with Crippen molar-refractivity contribution in [1.29, 1.82) is 0 Å². The molecule has 0 fully saturated rings. The number of aryl methyl sites for hydroxylation is 1. The summed E-state index contributed by atoms with van der Waals surface area (Å²) in [6.45, 7) is 0.201. The van der Waals surface area contributed by atoms with Crippen molar-refractivity contribution in [2.24, 2.45) is 5.73 Å². The van der Waals surface area contributed by atoms with Crippen molar-refractivity contribution in [1.82, 2.24) is 5.32 Å². The van der Waals surface area contributed by atoms with Crippen LogP contribution in [0.2, 0.25) is 5.02 Å². The van der Waals surface area contributed by atoms with Gasteiger partial charge in [0, 0.05) is 29.3 Å². The van der Waals surface area contributed by atoms with E-state index >= 15 is 0 Å². The summed E-state index contributed by atoms with van der Waals surface area (Å²) in [6, 6.07) is 8.37. The molecule has 1 aromatic carbocycles. The van der Waals surface area contributed by atoms with E-state index in [2.05, 4.69) is 10.6 Å². The summed E-state index contributed by atoms with van der Waals surface area (Å²) in [5.41, 5.74) is 6.02. The number of benzene rings is 1. The molecule has 0 bridgehead atoms. The van der Waals surface area contributed by atoms with Gasteiger partial charge in [-0.2, -0.15) is 0 Å². The van der Waals surface area contributed by atoms with Gasteiger partial charge in [-0.25, -0.2) is 0 Å². The maximum Gasteiger partial charge on any atom is 0.238 e. The van der Waals surface area contributed by atoms with E-state index in [4.69, 9.17) is 28.9 Å². The first kappa shape index (κ1) is 21.4. The van der Waals surface area contributed by atoms with Crippen LogP contribution in [0.1, 0.15) is 27.2 Å². The van der Waals surface area contributed by atoms with Gasteiger partial charge in [0.15, 0.2) is 5.78 Å². The smallest absolute Gasteiger partial charge is 0.238 e. The molecule has 144 valence electrons. The molecule has 2 amide bonds. The van der Waals surface area contributed by atoms with Crippen LogP contribution < -0.4 is 16.4 Å². The Bertz CT molecular complexity index is 839. The van der Waals surface area contributed by atoms with Gasteiger partial charge in [0.05, 0.1) is 17.1 Å². The molecule has 27 heavy (non-hydrogen) atoms. The van der Waals surface area contributed by atoms with E-state index < -0.39 is 5.91 Å². The van der Waals surface area contributed by atoms with Crippen LogP contribution in [0.4, 0.5) is 5.00 Å². The van der Waals surface area contributed by atoms with E-state index in [9.17, 15) is 14.4 Å². The van der Waals surface area contributed by atoms with Gasteiger partial charge < -0.3 is 16.4 Å². The molecular formula is C18H19Cl2N3O3S. The molecule has 0 aliphatic rings. The van der Waals surface area contributed by atoms with Gasteiger partial charge in [-0.3, -0.25) is 14.4 Å². The summed E-state index contributed by atoms with van der Waals surface area (Å²) in [5.74, 6) is -0.495. The van der Waals surface area contributed by atoms with Crippen molar-refractivity contribution in [3.63, 3.8) is 0 Å². The van der Waals surface area contributed by atoms with Crippen LogP contribution >= 0.6 is 34.5 Å². The highest BCUT2D eigenvalue weighted by Gasteiger charge is 2.21. The lowest BCUT2D eigenvalue weighted by atomic mass is 10.0. The van der Waals surface area contributed by atoms with Crippen LogP contribution in [0, 0.1) is 0 Å². The summed E-state index contributed by atoms with van der Waals surface area (Å²) in [4.78, 5) is 37.2. The number of halogens is 2. The van der Waals surface area contributed by atoms with Crippen LogP contribution in [0.3, 0.4) is 0 Å². The van der Waals surface area contributed by atoms with E-state index in [0.717, 1.165) is 4.88 Å². The molecular weight excluding hydrogens is 409 g/mol. The number of carbonyl (C=O) groups excluding carboxylic acids is 3. The van der Waals surface area contributed by atoms with Crippen molar-refractivity contribution in [2.45, 2.75) is 12.8 Å². The monoisotopic (exact) mass is 427 g/mol. The van der Waals surface area contributed by atoms with Gasteiger partial charge in [-0.05, 0) is 24.6 Å². The number of ketones is 1. The molecule has 0 radical (unpaired) electrons. The average Bonchev–Trinajstić information content (AvgIpc) is 3.07. The normalized spacial score (nSPS) is 10.5. The fourth-order valence-electron chi connectivity index (χ4n) is 2.31. The third-order valence-electron chi connectivity index (χ3n) is 3.60. The van der Waals surface area contributed by atoms with Crippen molar-refractivity contribution in [3.05, 3.63) is 51.4 Å². The minimum absolute atomic E-state index is 0.129. The first-order valence-electron chi connectivity index (χ1n) is 8.20. The number of thiophene rings is 1. The zero-order chi connectivity index (χ0) is 19.8. The number of anilines is 1. The molecule has 0 unspecified atom stereocenters. The van der Waals surface area contributed by atoms with Crippen LogP contribution in [0.5, 0.6) is 0 Å². The van der Waals surface area contributed by atoms with E-state index in [-0.39, 0.29) is 24.7 Å². The molecule has 1 heterocycles. The molecule has 4 N–H and O–H groups in total. The van der Waals surface area contributed by atoms with E-state index in [0.29, 0.717) is 40.0 Å². The predicted octanol–water partition coefficient (Wildman–Crippen LogP) is 2.82. The minimum Gasteiger partial charge on any atom is -0.355 e. The third kappa shape index (κ3) is 6.04. The van der Waals surface area contributed by atoms with Crippen LogP contribution in [-0.4, -0.2) is 36.6 Å². The standard InChI is InChI=1S/C18H19Cl2N3O3S/c19-7-8-22-15(24)6-5-11-9-13(18(27-11)23-16(25)10-21)17(26)12-3-1-2-4-14(12)20/h1-4,9H,5-8,10,21H2,(H,22,24)(H,23,25). The number of nitrogens with one attached hydrogen (secondary N) is 2. The quantitative estimate of drug-likeness (QED) is 0.422. The molecule has 0 saturated heterocycles. The van der Waals surface area contributed by atoms with E-state index in [1.165, 1.54) is 11.3 Å². The third-order valence-corrected chi connectivity index (χ3v) is 5.23. The second-order valence-corrected chi connectivity index (χ2v) is 7.48. The van der Waals surface area contributed by atoms with Crippen molar-refractivity contribution < 1.29 is 14.4 Å².